The molecule has 1 N–H and O–H groups in total. The summed E-state index contributed by atoms with van der Waals surface area (Å²) in [5.74, 6) is -0.966. The Kier molecular flexibility index (Phi) is 5.93. The highest BCUT2D eigenvalue weighted by molar-refractivity contribution is 5.86. The zero-order valence-electron chi connectivity index (χ0n) is 14.6. The van der Waals surface area contributed by atoms with Crippen LogP contribution in [0, 0.1) is 0 Å². The summed E-state index contributed by atoms with van der Waals surface area (Å²) in [7, 11) is 2.94. The van der Waals surface area contributed by atoms with E-state index in [-0.39, 0.29) is 5.56 Å². The Labute approximate surface area is 143 Å². The maximum atomic E-state index is 12.6. The summed E-state index contributed by atoms with van der Waals surface area (Å²) < 4.78 is 40.6. The maximum Gasteiger partial charge on any atom is 0.573 e. The minimum absolute atomic E-state index is 0.241. The molecule has 0 radical (unpaired) electrons. The highest BCUT2D eigenvalue weighted by Gasteiger charge is 2.39. The van der Waals surface area contributed by atoms with Gasteiger partial charge in [-0.05, 0) is 38.5 Å². The Bertz CT molecular complexity index is 622. The molecule has 1 aromatic carbocycles. The quantitative estimate of drug-likeness (QED) is 0.890. The normalized spacial score (nSPS) is 13.1. The van der Waals surface area contributed by atoms with Crippen molar-refractivity contribution < 1.29 is 32.6 Å². The average molecular weight is 362 g/mol. The van der Waals surface area contributed by atoms with E-state index in [1.54, 1.807) is 20.8 Å². The van der Waals surface area contributed by atoms with Crippen molar-refractivity contribution >= 4 is 12.0 Å². The van der Waals surface area contributed by atoms with E-state index in [1.165, 1.54) is 31.1 Å². The van der Waals surface area contributed by atoms with Gasteiger partial charge in [-0.1, -0.05) is 12.1 Å². The number of hydrogen-bond acceptors (Lipinski definition) is 3. The molecule has 2 amide bonds. The number of carboxylic acid groups (broad SMARTS) is 1. The highest BCUT2D eigenvalue weighted by Crippen LogP contribution is 2.32. The summed E-state index contributed by atoms with van der Waals surface area (Å²) in [6.45, 7) is 4.87. The molecule has 1 atom stereocenters. The van der Waals surface area contributed by atoms with Crippen LogP contribution >= 0.6 is 0 Å². The Morgan fingerprint density at radius 3 is 1.88 bits per heavy atom. The van der Waals surface area contributed by atoms with Gasteiger partial charge in [0.15, 0.2) is 0 Å². The number of rotatable bonds is 4. The lowest BCUT2D eigenvalue weighted by atomic mass is 9.97. The zero-order chi connectivity index (χ0) is 19.6. The minimum Gasteiger partial charge on any atom is -0.465 e. The first-order valence-electron chi connectivity index (χ1n) is 7.33. The van der Waals surface area contributed by atoms with Crippen LogP contribution in [0.3, 0.4) is 0 Å². The number of halogens is 3. The van der Waals surface area contributed by atoms with Crippen molar-refractivity contribution in [3.8, 4) is 5.75 Å². The molecule has 6 nitrogen and oxygen atoms in total. The standard InChI is InChI=1S/C16H21F3N2O4/c1-15(2,3)21(14(23)24)12(13(22)20(4)5)10-6-8-11(9-7-10)25-16(17,18)19/h6-9,12H,1-5H3,(H,23,24). The number of likely N-dealkylation sites (N-methyl/N-ethyl adjacent to an activating group) is 1. The molecule has 0 bridgehead atoms. The summed E-state index contributed by atoms with van der Waals surface area (Å²) in [5.41, 5.74) is -0.672. The first-order valence-corrected chi connectivity index (χ1v) is 7.33. The number of ether oxygens (including phenoxy) is 1. The molecule has 1 aromatic rings. The SMILES string of the molecule is CN(C)C(=O)C(c1ccc(OC(F)(F)F)cc1)N(C(=O)O)C(C)(C)C. The van der Waals surface area contributed by atoms with Gasteiger partial charge in [0.1, 0.15) is 11.8 Å². The lowest BCUT2D eigenvalue weighted by molar-refractivity contribution is -0.274. The van der Waals surface area contributed by atoms with Crippen LogP contribution in [0.5, 0.6) is 5.75 Å². The van der Waals surface area contributed by atoms with Gasteiger partial charge in [-0.3, -0.25) is 9.69 Å². The van der Waals surface area contributed by atoms with Crippen LogP contribution in [-0.4, -0.2) is 52.9 Å². The van der Waals surface area contributed by atoms with E-state index < -0.39 is 35.7 Å². The molecule has 0 saturated heterocycles. The molecule has 0 aliphatic heterocycles. The molecule has 0 aliphatic rings. The fourth-order valence-corrected chi connectivity index (χ4v) is 2.28. The van der Waals surface area contributed by atoms with Crippen LogP contribution in [0.25, 0.3) is 0 Å². The molecule has 0 heterocycles. The number of carbonyl (C=O) groups is 2. The number of alkyl halides is 3. The molecule has 0 aromatic heterocycles. The number of hydrogen-bond donors (Lipinski definition) is 1. The van der Waals surface area contributed by atoms with E-state index in [1.807, 2.05) is 0 Å². The van der Waals surface area contributed by atoms with Crippen molar-refractivity contribution in [1.29, 1.82) is 0 Å². The van der Waals surface area contributed by atoms with Crippen LogP contribution in [-0.2, 0) is 4.79 Å². The van der Waals surface area contributed by atoms with Crippen LogP contribution in [0.2, 0.25) is 0 Å². The predicted octanol–water partition coefficient (Wildman–Crippen LogP) is 3.49. The van der Waals surface area contributed by atoms with Gasteiger partial charge in [-0.25, -0.2) is 4.79 Å². The molecular formula is C16H21F3N2O4. The van der Waals surface area contributed by atoms with Crippen molar-refractivity contribution in [3.05, 3.63) is 29.8 Å². The second kappa shape index (κ2) is 7.20. The summed E-state index contributed by atoms with van der Waals surface area (Å²) in [4.78, 5) is 26.5. The van der Waals surface area contributed by atoms with Gasteiger partial charge in [-0.15, -0.1) is 13.2 Å². The van der Waals surface area contributed by atoms with E-state index in [0.29, 0.717) is 0 Å². The molecule has 1 unspecified atom stereocenters. The van der Waals surface area contributed by atoms with Crippen LogP contribution in [0.15, 0.2) is 24.3 Å². The number of nitrogens with zero attached hydrogens (tertiary/aromatic N) is 2. The monoisotopic (exact) mass is 362 g/mol. The van der Waals surface area contributed by atoms with Gasteiger partial charge in [0.25, 0.3) is 0 Å². The molecule has 1 rings (SSSR count). The van der Waals surface area contributed by atoms with E-state index in [4.69, 9.17) is 0 Å². The molecule has 0 aliphatic carbocycles. The first kappa shape index (κ1) is 20.6. The van der Waals surface area contributed by atoms with Crippen LogP contribution in [0.4, 0.5) is 18.0 Å². The first-order chi connectivity index (χ1) is 11.2. The number of amides is 2. The van der Waals surface area contributed by atoms with Gasteiger partial charge >= 0.3 is 12.5 Å². The molecule has 9 heteroatoms. The van der Waals surface area contributed by atoms with Crippen LogP contribution < -0.4 is 4.74 Å². The van der Waals surface area contributed by atoms with Crippen molar-refractivity contribution in [1.82, 2.24) is 9.80 Å². The van der Waals surface area contributed by atoms with E-state index in [9.17, 15) is 27.9 Å². The molecule has 0 saturated carbocycles. The lowest BCUT2D eigenvalue weighted by Gasteiger charge is -2.39. The molecule has 140 valence electrons. The third-order valence-electron chi connectivity index (χ3n) is 3.29. The van der Waals surface area contributed by atoms with Gasteiger partial charge in [0.05, 0.1) is 0 Å². The third-order valence-corrected chi connectivity index (χ3v) is 3.29. The topological polar surface area (TPSA) is 70.1 Å². The number of carbonyl (C=O) groups excluding carboxylic acids is 1. The Hall–Kier alpha value is -2.45. The largest absolute Gasteiger partial charge is 0.573 e. The fourth-order valence-electron chi connectivity index (χ4n) is 2.28. The van der Waals surface area contributed by atoms with Gasteiger partial charge < -0.3 is 14.7 Å². The van der Waals surface area contributed by atoms with Gasteiger partial charge in [-0.2, -0.15) is 0 Å². The average Bonchev–Trinajstić information content (AvgIpc) is 2.41. The summed E-state index contributed by atoms with van der Waals surface area (Å²) in [6, 6.07) is 3.37. The summed E-state index contributed by atoms with van der Waals surface area (Å²) in [6.07, 6.45) is -6.15. The molecule has 0 fully saturated rings. The van der Waals surface area contributed by atoms with Crippen LogP contribution in [0.1, 0.15) is 32.4 Å². The zero-order valence-corrected chi connectivity index (χ0v) is 14.6. The molecule has 25 heavy (non-hydrogen) atoms. The second-order valence-corrected chi connectivity index (χ2v) is 6.58. The third kappa shape index (κ3) is 5.54. The van der Waals surface area contributed by atoms with E-state index in [2.05, 4.69) is 4.74 Å². The van der Waals surface area contributed by atoms with Gasteiger partial charge in [0.2, 0.25) is 5.91 Å². The van der Waals surface area contributed by atoms with Crippen molar-refractivity contribution in [2.45, 2.75) is 38.7 Å². The second-order valence-electron chi connectivity index (χ2n) is 6.58. The summed E-state index contributed by atoms with van der Waals surface area (Å²) in [5, 5.41) is 9.56. The Balaban J connectivity index is 3.34. The Morgan fingerprint density at radius 2 is 1.56 bits per heavy atom. The van der Waals surface area contributed by atoms with Gasteiger partial charge in [0, 0.05) is 19.6 Å². The lowest BCUT2D eigenvalue weighted by Crippen LogP contribution is -2.51. The number of benzene rings is 1. The van der Waals surface area contributed by atoms with Crippen molar-refractivity contribution in [2.75, 3.05) is 14.1 Å². The smallest absolute Gasteiger partial charge is 0.465 e. The molecular weight excluding hydrogens is 341 g/mol. The fraction of sp³-hybridized carbons (Fsp3) is 0.500. The predicted molar refractivity (Wildman–Crippen MR) is 84.2 cm³/mol. The van der Waals surface area contributed by atoms with E-state index in [0.717, 1.165) is 17.0 Å². The molecule has 0 spiro atoms. The minimum atomic E-state index is -4.83. The van der Waals surface area contributed by atoms with E-state index >= 15 is 0 Å². The van der Waals surface area contributed by atoms with Crippen molar-refractivity contribution in [3.63, 3.8) is 0 Å². The Morgan fingerprint density at radius 1 is 1.08 bits per heavy atom. The maximum absolute atomic E-state index is 12.6. The van der Waals surface area contributed by atoms with Crippen molar-refractivity contribution in [2.24, 2.45) is 0 Å². The summed E-state index contributed by atoms with van der Waals surface area (Å²) >= 11 is 0. The highest BCUT2D eigenvalue weighted by atomic mass is 19.4.